The first-order valence-corrected chi connectivity index (χ1v) is 10.6. The quantitative estimate of drug-likeness (QED) is 0.637. The van der Waals surface area contributed by atoms with Crippen LogP contribution >= 0.6 is 23.1 Å². The second-order valence-electron chi connectivity index (χ2n) is 6.86. The normalized spacial score (nSPS) is 15.0. The molecule has 3 N–H and O–H groups in total. The molecule has 8 heteroatoms. The molecule has 0 aliphatic carbocycles. The van der Waals surface area contributed by atoms with Crippen LogP contribution in [0.5, 0.6) is 0 Å². The second-order valence-corrected chi connectivity index (χ2v) is 9.40. The van der Waals surface area contributed by atoms with Gasteiger partial charge in [0.05, 0.1) is 22.5 Å². The molecular formula is C18H27N3O3S2. The molecule has 2 heterocycles. The number of aliphatic hydroxyl groups excluding tert-OH is 1. The van der Waals surface area contributed by atoms with Gasteiger partial charge in [0.1, 0.15) is 10.7 Å². The fourth-order valence-electron chi connectivity index (χ4n) is 2.73. The fraction of sp³-hybridized carbons (Fsp3) is 0.611. The summed E-state index contributed by atoms with van der Waals surface area (Å²) in [6, 6.07) is 0. The minimum atomic E-state index is -0.365. The molecule has 2 aromatic rings. The van der Waals surface area contributed by atoms with Gasteiger partial charge in [0.25, 0.3) is 5.56 Å². The highest BCUT2D eigenvalue weighted by Gasteiger charge is 2.17. The van der Waals surface area contributed by atoms with Crippen LogP contribution in [0.4, 0.5) is 0 Å². The number of carbonyl (C=O) groups is 1. The molecule has 1 amide bonds. The molecule has 0 radical (unpaired) electrons. The highest BCUT2D eigenvalue weighted by Crippen LogP contribution is 2.26. The molecule has 3 atom stereocenters. The van der Waals surface area contributed by atoms with Crippen LogP contribution in [-0.4, -0.2) is 38.9 Å². The summed E-state index contributed by atoms with van der Waals surface area (Å²) in [4.78, 5) is 33.7. The van der Waals surface area contributed by atoms with E-state index in [-0.39, 0.29) is 28.7 Å². The molecule has 0 saturated heterocycles. The highest BCUT2D eigenvalue weighted by molar-refractivity contribution is 7.99. The van der Waals surface area contributed by atoms with Gasteiger partial charge in [-0.15, -0.1) is 23.1 Å². The largest absolute Gasteiger partial charge is 0.393 e. The SMILES string of the molecule is Cc1sc2nc(CS[C@H](C)C(=O)NC[C@@H](C)C[C@@H](C)O)[nH]c(=O)c2c1C. The van der Waals surface area contributed by atoms with Crippen molar-refractivity contribution < 1.29 is 9.90 Å². The first-order chi connectivity index (χ1) is 12.2. The summed E-state index contributed by atoms with van der Waals surface area (Å²) in [6.45, 7) is 10.1. The van der Waals surface area contributed by atoms with E-state index < -0.39 is 0 Å². The monoisotopic (exact) mass is 397 g/mol. The highest BCUT2D eigenvalue weighted by atomic mass is 32.2. The molecule has 0 bridgehead atoms. The molecule has 0 unspecified atom stereocenters. The first kappa shape index (κ1) is 20.9. The predicted octanol–water partition coefficient (Wildman–Crippen LogP) is 2.75. The van der Waals surface area contributed by atoms with E-state index in [4.69, 9.17) is 0 Å². The van der Waals surface area contributed by atoms with Crippen molar-refractivity contribution in [3.63, 3.8) is 0 Å². The van der Waals surface area contributed by atoms with Crippen LogP contribution in [0.3, 0.4) is 0 Å². The maximum atomic E-state index is 12.3. The molecule has 0 aromatic carbocycles. The summed E-state index contributed by atoms with van der Waals surface area (Å²) in [5.41, 5.74) is 0.869. The van der Waals surface area contributed by atoms with Crippen molar-refractivity contribution in [1.82, 2.24) is 15.3 Å². The summed E-state index contributed by atoms with van der Waals surface area (Å²) in [5, 5.41) is 12.7. The van der Waals surface area contributed by atoms with E-state index >= 15 is 0 Å². The Kier molecular flexibility index (Phi) is 7.25. The van der Waals surface area contributed by atoms with E-state index in [1.54, 1.807) is 6.92 Å². The maximum absolute atomic E-state index is 12.3. The van der Waals surface area contributed by atoms with Crippen LogP contribution in [0.25, 0.3) is 10.2 Å². The van der Waals surface area contributed by atoms with Gasteiger partial charge in [0.2, 0.25) is 5.91 Å². The van der Waals surface area contributed by atoms with Crippen molar-refractivity contribution in [3.8, 4) is 0 Å². The van der Waals surface area contributed by atoms with E-state index in [0.29, 0.717) is 29.9 Å². The lowest BCUT2D eigenvalue weighted by molar-refractivity contribution is -0.120. The zero-order valence-corrected chi connectivity index (χ0v) is 17.5. The van der Waals surface area contributed by atoms with Gasteiger partial charge < -0.3 is 15.4 Å². The fourth-order valence-corrected chi connectivity index (χ4v) is 4.56. The summed E-state index contributed by atoms with van der Waals surface area (Å²) in [7, 11) is 0. The van der Waals surface area contributed by atoms with Gasteiger partial charge in [-0.3, -0.25) is 9.59 Å². The number of aliphatic hydroxyl groups is 1. The molecule has 6 nitrogen and oxygen atoms in total. The predicted molar refractivity (Wildman–Crippen MR) is 109 cm³/mol. The van der Waals surface area contributed by atoms with Crippen LogP contribution in [0.1, 0.15) is 43.5 Å². The average molecular weight is 398 g/mol. The topological polar surface area (TPSA) is 95.1 Å². The smallest absolute Gasteiger partial charge is 0.259 e. The summed E-state index contributed by atoms with van der Waals surface area (Å²) in [5.74, 6) is 1.25. The standard InChI is InChI=1S/C18H27N3O3S2/c1-9(6-10(2)22)7-19-16(23)13(5)25-8-14-20-17(24)15-11(3)12(4)26-18(15)21-14/h9-10,13,22H,6-8H2,1-5H3,(H,19,23)(H,20,21,24)/t9-,10+,13+/m0/s1. The van der Waals surface area contributed by atoms with Crippen LogP contribution in [0.2, 0.25) is 0 Å². The van der Waals surface area contributed by atoms with E-state index in [0.717, 1.165) is 15.3 Å². The summed E-state index contributed by atoms with van der Waals surface area (Å²) >= 11 is 2.97. The zero-order valence-electron chi connectivity index (χ0n) is 15.9. The number of hydrogen-bond acceptors (Lipinski definition) is 6. The number of nitrogens with zero attached hydrogens (tertiary/aromatic N) is 1. The van der Waals surface area contributed by atoms with Crippen molar-refractivity contribution in [3.05, 3.63) is 26.6 Å². The summed E-state index contributed by atoms with van der Waals surface area (Å²) in [6.07, 6.45) is 0.295. The molecule has 0 aliphatic heterocycles. The van der Waals surface area contributed by atoms with Crippen molar-refractivity contribution >= 4 is 39.2 Å². The van der Waals surface area contributed by atoms with Gasteiger partial charge in [-0.05, 0) is 45.6 Å². The number of H-pyrrole nitrogens is 1. The molecule has 0 spiro atoms. The number of thioether (sulfide) groups is 1. The summed E-state index contributed by atoms with van der Waals surface area (Å²) < 4.78 is 0. The second kappa shape index (κ2) is 9.01. The number of aromatic nitrogens is 2. The Hall–Kier alpha value is -1.38. The molecular weight excluding hydrogens is 370 g/mol. The van der Waals surface area contributed by atoms with Crippen LogP contribution in [0.15, 0.2) is 4.79 Å². The number of nitrogens with one attached hydrogen (secondary N) is 2. The van der Waals surface area contributed by atoms with E-state index in [2.05, 4.69) is 15.3 Å². The molecule has 0 aliphatic rings. The van der Waals surface area contributed by atoms with Gasteiger partial charge in [-0.2, -0.15) is 0 Å². The molecule has 0 saturated carbocycles. The number of fused-ring (bicyclic) bond motifs is 1. The maximum Gasteiger partial charge on any atom is 0.259 e. The first-order valence-electron chi connectivity index (χ1n) is 8.75. The van der Waals surface area contributed by atoms with Gasteiger partial charge >= 0.3 is 0 Å². The third-order valence-electron chi connectivity index (χ3n) is 4.30. The van der Waals surface area contributed by atoms with Crippen molar-refractivity contribution in [1.29, 1.82) is 0 Å². The minimum absolute atomic E-state index is 0.0429. The third kappa shape index (κ3) is 5.31. The Bertz CT molecular complexity index is 829. The average Bonchev–Trinajstić information content (AvgIpc) is 2.84. The molecule has 2 aromatic heterocycles. The Balaban J connectivity index is 1.92. The van der Waals surface area contributed by atoms with Gasteiger partial charge in [0, 0.05) is 11.4 Å². The number of carbonyl (C=O) groups excluding carboxylic acids is 1. The van der Waals surface area contributed by atoms with Crippen molar-refractivity contribution in [2.75, 3.05) is 6.54 Å². The number of aromatic amines is 1. The number of thiophene rings is 1. The van der Waals surface area contributed by atoms with Gasteiger partial charge in [0.15, 0.2) is 0 Å². The number of aryl methyl sites for hydroxylation is 2. The number of hydrogen-bond donors (Lipinski definition) is 3. The van der Waals surface area contributed by atoms with E-state index in [9.17, 15) is 14.7 Å². The van der Waals surface area contributed by atoms with Crippen molar-refractivity contribution in [2.45, 2.75) is 58.1 Å². The van der Waals surface area contributed by atoms with E-state index in [1.807, 2.05) is 27.7 Å². The van der Waals surface area contributed by atoms with Gasteiger partial charge in [-0.1, -0.05) is 6.92 Å². The molecule has 26 heavy (non-hydrogen) atoms. The Morgan fingerprint density at radius 3 is 2.69 bits per heavy atom. The molecule has 0 fully saturated rings. The van der Waals surface area contributed by atoms with E-state index in [1.165, 1.54) is 23.1 Å². The van der Waals surface area contributed by atoms with Gasteiger partial charge in [-0.25, -0.2) is 4.98 Å². The zero-order chi connectivity index (χ0) is 19.4. The van der Waals surface area contributed by atoms with Crippen LogP contribution < -0.4 is 10.9 Å². The molecule has 144 valence electrons. The third-order valence-corrected chi connectivity index (χ3v) is 6.55. The van der Waals surface area contributed by atoms with Crippen molar-refractivity contribution in [2.24, 2.45) is 5.92 Å². The van der Waals surface area contributed by atoms with Crippen LogP contribution in [0, 0.1) is 19.8 Å². The lowest BCUT2D eigenvalue weighted by Gasteiger charge is -2.16. The Morgan fingerprint density at radius 2 is 2.04 bits per heavy atom. The Labute approximate surface area is 161 Å². The Morgan fingerprint density at radius 1 is 1.35 bits per heavy atom. The number of rotatable bonds is 8. The molecule has 2 rings (SSSR count). The van der Waals surface area contributed by atoms with Crippen LogP contribution in [-0.2, 0) is 10.5 Å². The lowest BCUT2D eigenvalue weighted by Crippen LogP contribution is -2.34. The number of amides is 1. The lowest BCUT2D eigenvalue weighted by atomic mass is 10.0. The minimum Gasteiger partial charge on any atom is -0.393 e.